The quantitative estimate of drug-likeness (QED) is 0.839. The zero-order chi connectivity index (χ0) is 13.0. The summed E-state index contributed by atoms with van der Waals surface area (Å²) in [6.07, 6.45) is 0. The molecule has 0 spiro atoms. The van der Waals surface area contributed by atoms with Crippen LogP contribution in [0.1, 0.15) is 11.1 Å². The highest BCUT2D eigenvalue weighted by Gasteiger charge is 2.06. The molecule has 0 N–H and O–H groups in total. The summed E-state index contributed by atoms with van der Waals surface area (Å²) in [6.45, 7) is 0.158. The molecule has 2 nitrogen and oxygen atoms in total. The predicted octanol–water partition coefficient (Wildman–Crippen LogP) is 3.93. The highest BCUT2D eigenvalue weighted by Crippen LogP contribution is 2.22. The molecular weight excluding hydrogens is 253 g/mol. The van der Waals surface area contributed by atoms with E-state index in [1.54, 1.807) is 36.4 Å². The van der Waals surface area contributed by atoms with Crippen molar-refractivity contribution in [2.24, 2.45) is 0 Å². The largest absolute Gasteiger partial charge is 0.489 e. The molecule has 0 radical (unpaired) electrons. The van der Waals surface area contributed by atoms with E-state index < -0.39 is 5.82 Å². The first-order chi connectivity index (χ1) is 8.70. The average Bonchev–Trinajstić information content (AvgIpc) is 2.41. The Hall–Kier alpha value is -2.05. The number of benzene rings is 2. The van der Waals surface area contributed by atoms with E-state index in [2.05, 4.69) is 0 Å². The first kappa shape index (κ1) is 12.4. The van der Waals surface area contributed by atoms with Gasteiger partial charge in [-0.2, -0.15) is 5.26 Å². The van der Waals surface area contributed by atoms with Crippen LogP contribution in [0.15, 0.2) is 42.5 Å². The Morgan fingerprint density at radius 2 is 2.00 bits per heavy atom. The van der Waals surface area contributed by atoms with E-state index in [0.29, 0.717) is 16.9 Å². The molecule has 0 aliphatic heterocycles. The van der Waals surface area contributed by atoms with Crippen LogP contribution in [0, 0.1) is 17.1 Å². The second-order valence-corrected chi connectivity index (χ2v) is 4.02. The molecule has 4 heteroatoms. The van der Waals surface area contributed by atoms with Crippen molar-refractivity contribution in [1.82, 2.24) is 0 Å². The molecule has 0 aromatic heterocycles. The van der Waals surface area contributed by atoms with Crippen LogP contribution in [0.25, 0.3) is 0 Å². The summed E-state index contributed by atoms with van der Waals surface area (Å²) in [7, 11) is 0. The summed E-state index contributed by atoms with van der Waals surface area (Å²) in [6, 6.07) is 13.3. The third-order valence-electron chi connectivity index (χ3n) is 2.39. The monoisotopic (exact) mass is 261 g/mol. The van der Waals surface area contributed by atoms with Gasteiger partial charge in [-0.05, 0) is 24.3 Å². The van der Waals surface area contributed by atoms with E-state index in [1.165, 1.54) is 6.07 Å². The number of ether oxygens (including phenoxy) is 1. The molecule has 0 fully saturated rings. The standard InChI is InChI=1S/C14H9ClFNO/c15-14-11(4-2-6-13(14)16)9-18-12-5-1-3-10(7-12)8-17/h1-7H,9H2. The molecule has 0 saturated carbocycles. The summed E-state index contributed by atoms with van der Waals surface area (Å²) in [5.74, 6) is 0.0814. The summed E-state index contributed by atoms with van der Waals surface area (Å²) in [5.41, 5.74) is 1.08. The molecule has 18 heavy (non-hydrogen) atoms. The van der Waals surface area contributed by atoms with E-state index in [0.717, 1.165) is 0 Å². The van der Waals surface area contributed by atoms with Crippen molar-refractivity contribution in [3.8, 4) is 11.8 Å². The maximum Gasteiger partial charge on any atom is 0.142 e. The van der Waals surface area contributed by atoms with Gasteiger partial charge in [-0.25, -0.2) is 4.39 Å². The Morgan fingerprint density at radius 1 is 1.22 bits per heavy atom. The van der Waals surface area contributed by atoms with Gasteiger partial charge in [-0.15, -0.1) is 0 Å². The van der Waals surface area contributed by atoms with E-state index >= 15 is 0 Å². The fraction of sp³-hybridized carbons (Fsp3) is 0.0714. The lowest BCUT2D eigenvalue weighted by Crippen LogP contribution is -1.97. The van der Waals surface area contributed by atoms with Gasteiger partial charge in [0.25, 0.3) is 0 Å². The third kappa shape index (κ3) is 2.79. The van der Waals surface area contributed by atoms with Gasteiger partial charge in [-0.1, -0.05) is 29.8 Å². The summed E-state index contributed by atoms with van der Waals surface area (Å²) in [5, 5.41) is 8.82. The fourth-order valence-electron chi connectivity index (χ4n) is 1.48. The van der Waals surface area contributed by atoms with Crippen LogP contribution in [-0.2, 0) is 6.61 Å². The Labute approximate surface area is 109 Å². The van der Waals surface area contributed by atoms with Crippen molar-refractivity contribution in [3.05, 3.63) is 64.4 Å². The highest BCUT2D eigenvalue weighted by atomic mass is 35.5. The van der Waals surface area contributed by atoms with Gasteiger partial charge in [0.05, 0.1) is 16.7 Å². The van der Waals surface area contributed by atoms with Crippen molar-refractivity contribution >= 4 is 11.6 Å². The second-order valence-electron chi connectivity index (χ2n) is 3.64. The van der Waals surface area contributed by atoms with Crippen LogP contribution in [-0.4, -0.2) is 0 Å². The van der Waals surface area contributed by atoms with Gasteiger partial charge >= 0.3 is 0 Å². The van der Waals surface area contributed by atoms with Gasteiger partial charge in [0.2, 0.25) is 0 Å². The molecule has 0 aliphatic carbocycles. The molecule has 0 saturated heterocycles. The van der Waals surface area contributed by atoms with Gasteiger partial charge in [0.15, 0.2) is 0 Å². The van der Waals surface area contributed by atoms with Crippen molar-refractivity contribution in [2.45, 2.75) is 6.61 Å². The Morgan fingerprint density at radius 3 is 2.78 bits per heavy atom. The molecule has 0 aliphatic rings. The highest BCUT2D eigenvalue weighted by molar-refractivity contribution is 6.31. The molecule has 90 valence electrons. The molecule has 0 amide bonds. The SMILES string of the molecule is N#Cc1cccc(OCc2cccc(F)c2Cl)c1. The fourth-order valence-corrected chi connectivity index (χ4v) is 1.66. The maximum absolute atomic E-state index is 13.2. The lowest BCUT2D eigenvalue weighted by molar-refractivity contribution is 0.305. The molecule has 0 atom stereocenters. The van der Waals surface area contributed by atoms with Crippen molar-refractivity contribution in [1.29, 1.82) is 5.26 Å². The van der Waals surface area contributed by atoms with Crippen LogP contribution in [0.3, 0.4) is 0 Å². The van der Waals surface area contributed by atoms with Gasteiger partial charge in [0, 0.05) is 5.56 Å². The molecule has 0 unspecified atom stereocenters. The predicted molar refractivity (Wildman–Crippen MR) is 66.9 cm³/mol. The number of hydrogen-bond acceptors (Lipinski definition) is 2. The van der Waals surface area contributed by atoms with Gasteiger partial charge in [0.1, 0.15) is 18.2 Å². The van der Waals surface area contributed by atoms with Gasteiger partial charge in [-0.3, -0.25) is 0 Å². The van der Waals surface area contributed by atoms with Crippen LogP contribution >= 0.6 is 11.6 Å². The van der Waals surface area contributed by atoms with E-state index in [-0.39, 0.29) is 11.6 Å². The van der Waals surface area contributed by atoms with Crippen LogP contribution in [0.4, 0.5) is 4.39 Å². The summed E-state index contributed by atoms with van der Waals surface area (Å²) in [4.78, 5) is 0. The minimum absolute atomic E-state index is 0.0638. The van der Waals surface area contributed by atoms with E-state index in [1.807, 2.05) is 6.07 Å². The topological polar surface area (TPSA) is 33.0 Å². The zero-order valence-electron chi connectivity index (χ0n) is 9.36. The summed E-state index contributed by atoms with van der Waals surface area (Å²) >= 11 is 5.81. The normalized spacial score (nSPS) is 9.83. The number of hydrogen-bond donors (Lipinski definition) is 0. The molecular formula is C14H9ClFNO. The number of nitrogens with zero attached hydrogens (tertiary/aromatic N) is 1. The molecule has 2 aromatic carbocycles. The number of halogens is 2. The lowest BCUT2D eigenvalue weighted by atomic mass is 10.2. The van der Waals surface area contributed by atoms with Crippen LogP contribution < -0.4 is 4.74 Å². The van der Waals surface area contributed by atoms with E-state index in [9.17, 15) is 4.39 Å². The second kappa shape index (κ2) is 5.52. The Bertz CT molecular complexity index is 607. The first-order valence-corrected chi connectivity index (χ1v) is 5.64. The molecule has 2 rings (SSSR count). The molecule has 0 bridgehead atoms. The van der Waals surface area contributed by atoms with Crippen molar-refractivity contribution in [2.75, 3.05) is 0 Å². The maximum atomic E-state index is 13.2. The minimum atomic E-state index is -0.469. The first-order valence-electron chi connectivity index (χ1n) is 5.26. The van der Waals surface area contributed by atoms with Crippen molar-refractivity contribution in [3.63, 3.8) is 0 Å². The number of nitriles is 1. The molecule has 2 aromatic rings. The Kier molecular flexibility index (Phi) is 3.81. The van der Waals surface area contributed by atoms with Crippen LogP contribution in [0.5, 0.6) is 5.75 Å². The van der Waals surface area contributed by atoms with Gasteiger partial charge < -0.3 is 4.74 Å². The van der Waals surface area contributed by atoms with E-state index in [4.69, 9.17) is 21.6 Å². The molecule has 0 heterocycles. The summed E-state index contributed by atoms with van der Waals surface area (Å²) < 4.78 is 18.7. The third-order valence-corrected chi connectivity index (χ3v) is 2.81. The van der Waals surface area contributed by atoms with Crippen molar-refractivity contribution < 1.29 is 9.13 Å². The van der Waals surface area contributed by atoms with Crippen LogP contribution in [0.2, 0.25) is 5.02 Å². The zero-order valence-corrected chi connectivity index (χ0v) is 10.1. The minimum Gasteiger partial charge on any atom is -0.489 e. The lowest BCUT2D eigenvalue weighted by Gasteiger charge is -2.08. The number of rotatable bonds is 3. The Balaban J connectivity index is 2.12. The average molecular weight is 262 g/mol. The smallest absolute Gasteiger partial charge is 0.142 e.